The minimum absolute atomic E-state index is 0.0993. The van der Waals surface area contributed by atoms with Crippen molar-refractivity contribution in [2.24, 2.45) is 0 Å². The number of benzene rings is 2. The van der Waals surface area contributed by atoms with E-state index in [1.54, 1.807) is 13.0 Å². The van der Waals surface area contributed by atoms with Crippen molar-refractivity contribution in [3.63, 3.8) is 0 Å². The number of amides is 1. The van der Waals surface area contributed by atoms with Crippen molar-refractivity contribution in [3.8, 4) is 0 Å². The summed E-state index contributed by atoms with van der Waals surface area (Å²) < 4.78 is 5.08. The van der Waals surface area contributed by atoms with Crippen LogP contribution in [0, 0.1) is 6.92 Å². The molecule has 0 saturated carbocycles. The van der Waals surface area contributed by atoms with Crippen LogP contribution in [-0.2, 0) is 11.3 Å². The molecule has 0 spiro atoms. The zero-order valence-electron chi connectivity index (χ0n) is 16.9. The van der Waals surface area contributed by atoms with Gasteiger partial charge in [-0.05, 0) is 30.2 Å². The number of halogens is 1. The van der Waals surface area contributed by atoms with Gasteiger partial charge < -0.3 is 9.84 Å². The lowest BCUT2D eigenvalue weighted by atomic mass is 10.0. The molecule has 1 aliphatic rings. The van der Waals surface area contributed by atoms with E-state index in [0.29, 0.717) is 11.6 Å². The summed E-state index contributed by atoms with van der Waals surface area (Å²) >= 11 is 6.11. The van der Waals surface area contributed by atoms with Gasteiger partial charge in [0.25, 0.3) is 0 Å². The van der Waals surface area contributed by atoms with Crippen molar-refractivity contribution in [2.75, 3.05) is 31.5 Å². The van der Waals surface area contributed by atoms with Gasteiger partial charge in [-0.1, -0.05) is 59.2 Å². The highest BCUT2D eigenvalue weighted by Crippen LogP contribution is 2.25. The lowest BCUT2D eigenvalue weighted by molar-refractivity contribution is -0.122. The van der Waals surface area contributed by atoms with Gasteiger partial charge in [-0.3, -0.25) is 14.6 Å². The fourth-order valence-electron chi connectivity index (χ4n) is 3.86. The molecule has 0 bridgehead atoms. The van der Waals surface area contributed by atoms with Gasteiger partial charge in [0.15, 0.2) is 5.82 Å². The number of nitrogens with one attached hydrogen (secondary N) is 1. The minimum atomic E-state index is -0.378. The number of aryl methyl sites for hydroxylation is 1. The Bertz CT molecular complexity index is 984. The third-order valence-corrected chi connectivity index (χ3v) is 5.55. The van der Waals surface area contributed by atoms with Crippen LogP contribution in [0.25, 0.3) is 0 Å². The minimum Gasteiger partial charge on any atom is -0.360 e. The van der Waals surface area contributed by atoms with Gasteiger partial charge in [-0.15, -0.1) is 0 Å². The molecule has 30 heavy (non-hydrogen) atoms. The Hall–Kier alpha value is -2.67. The lowest BCUT2D eigenvalue weighted by Crippen LogP contribution is -2.49. The Balaban J connectivity index is 1.44. The Morgan fingerprint density at radius 2 is 1.87 bits per heavy atom. The number of rotatable bonds is 6. The Labute approximate surface area is 181 Å². The molecular weight excluding hydrogens is 400 g/mol. The number of hydrogen-bond donors (Lipinski definition) is 1. The molecule has 1 atom stereocenters. The van der Waals surface area contributed by atoms with Crippen LogP contribution in [0.15, 0.2) is 65.2 Å². The summed E-state index contributed by atoms with van der Waals surface area (Å²) in [6, 6.07) is 19.2. The highest BCUT2D eigenvalue weighted by atomic mass is 35.5. The number of carbonyl (C=O) groups is 1. The van der Waals surface area contributed by atoms with E-state index < -0.39 is 0 Å². The van der Waals surface area contributed by atoms with Crippen LogP contribution >= 0.6 is 11.6 Å². The fraction of sp³-hybridized carbons (Fsp3) is 0.304. The number of piperazine rings is 1. The first-order valence-corrected chi connectivity index (χ1v) is 10.5. The van der Waals surface area contributed by atoms with Crippen LogP contribution in [0.5, 0.6) is 0 Å². The topological polar surface area (TPSA) is 61.6 Å². The summed E-state index contributed by atoms with van der Waals surface area (Å²) in [6.45, 7) is 6.01. The molecule has 6 nitrogen and oxygen atoms in total. The van der Waals surface area contributed by atoms with Crippen LogP contribution in [0.2, 0.25) is 5.02 Å². The maximum absolute atomic E-state index is 13.2. The van der Waals surface area contributed by atoms with Gasteiger partial charge in [-0.25, -0.2) is 0 Å². The molecule has 1 amide bonds. The van der Waals surface area contributed by atoms with Crippen LogP contribution in [0.1, 0.15) is 22.9 Å². The van der Waals surface area contributed by atoms with Crippen LogP contribution in [-0.4, -0.2) is 47.0 Å². The van der Waals surface area contributed by atoms with Gasteiger partial charge in [0.05, 0.1) is 0 Å². The zero-order chi connectivity index (χ0) is 20.9. The number of carbonyl (C=O) groups excluding carboxylic acids is 1. The van der Waals surface area contributed by atoms with E-state index in [9.17, 15) is 4.79 Å². The summed E-state index contributed by atoms with van der Waals surface area (Å²) in [6.07, 6.45) is 0. The van der Waals surface area contributed by atoms with Crippen LogP contribution in [0.3, 0.4) is 0 Å². The van der Waals surface area contributed by atoms with E-state index in [-0.39, 0.29) is 11.9 Å². The summed E-state index contributed by atoms with van der Waals surface area (Å²) in [7, 11) is 0. The maximum atomic E-state index is 13.2. The standard InChI is InChI=1S/C23H25ClN4O2/c1-17-14-21(26-30-17)25-23(29)22(19-7-3-2-4-8-19)28-12-10-27(11-13-28)16-18-6-5-9-20(24)15-18/h2-9,14-15,22H,10-13,16H2,1H3,(H,25,26,29). The van der Waals surface area contributed by atoms with Crippen molar-refractivity contribution >= 4 is 23.3 Å². The number of aromatic nitrogens is 1. The van der Waals surface area contributed by atoms with Crippen molar-refractivity contribution < 1.29 is 9.32 Å². The molecule has 0 radical (unpaired) electrons. The molecule has 156 valence electrons. The van der Waals surface area contributed by atoms with Crippen molar-refractivity contribution in [3.05, 3.63) is 82.6 Å². The Morgan fingerprint density at radius 1 is 1.10 bits per heavy atom. The quantitative estimate of drug-likeness (QED) is 0.644. The largest absolute Gasteiger partial charge is 0.360 e. The van der Waals surface area contributed by atoms with E-state index in [1.807, 2.05) is 48.5 Å². The molecule has 1 aliphatic heterocycles. The summed E-state index contributed by atoms with van der Waals surface area (Å²) in [4.78, 5) is 17.8. The van der Waals surface area contributed by atoms with Crippen LogP contribution < -0.4 is 5.32 Å². The van der Waals surface area contributed by atoms with E-state index in [2.05, 4.69) is 26.3 Å². The number of hydrogen-bond acceptors (Lipinski definition) is 5. The predicted molar refractivity (Wildman–Crippen MR) is 117 cm³/mol. The fourth-order valence-corrected chi connectivity index (χ4v) is 4.07. The molecule has 1 fully saturated rings. The van der Waals surface area contributed by atoms with Crippen LogP contribution in [0.4, 0.5) is 5.82 Å². The predicted octanol–water partition coefficient (Wildman–Crippen LogP) is 4.13. The summed E-state index contributed by atoms with van der Waals surface area (Å²) in [5.74, 6) is 1.01. The molecule has 0 aliphatic carbocycles. The first-order valence-electron chi connectivity index (χ1n) is 10.1. The maximum Gasteiger partial charge on any atom is 0.247 e. The first-order chi connectivity index (χ1) is 14.6. The van der Waals surface area contributed by atoms with E-state index in [1.165, 1.54) is 5.56 Å². The molecular formula is C23H25ClN4O2. The lowest BCUT2D eigenvalue weighted by Gasteiger charge is -2.38. The molecule has 2 aromatic carbocycles. The van der Waals surface area contributed by atoms with Crippen molar-refractivity contribution in [2.45, 2.75) is 19.5 Å². The Kier molecular flexibility index (Phi) is 6.47. The molecule has 1 N–H and O–H groups in total. The zero-order valence-corrected chi connectivity index (χ0v) is 17.7. The molecule has 1 unspecified atom stereocenters. The number of anilines is 1. The monoisotopic (exact) mass is 424 g/mol. The second kappa shape index (κ2) is 9.43. The normalized spacial score (nSPS) is 16.3. The van der Waals surface area contributed by atoms with Gasteiger partial charge in [-0.2, -0.15) is 0 Å². The average Bonchev–Trinajstić information content (AvgIpc) is 3.15. The molecule has 3 aromatic rings. The first kappa shape index (κ1) is 20.6. The van der Waals surface area contributed by atoms with Gasteiger partial charge in [0.2, 0.25) is 5.91 Å². The van der Waals surface area contributed by atoms with E-state index in [0.717, 1.165) is 43.3 Å². The van der Waals surface area contributed by atoms with Crippen molar-refractivity contribution in [1.82, 2.24) is 15.0 Å². The van der Waals surface area contributed by atoms with E-state index >= 15 is 0 Å². The van der Waals surface area contributed by atoms with Gasteiger partial charge in [0, 0.05) is 43.8 Å². The summed E-state index contributed by atoms with van der Waals surface area (Å²) in [5.41, 5.74) is 2.17. The Morgan fingerprint density at radius 3 is 2.53 bits per heavy atom. The van der Waals surface area contributed by atoms with Gasteiger partial charge in [0.1, 0.15) is 11.8 Å². The second-order valence-corrected chi connectivity index (χ2v) is 8.00. The smallest absolute Gasteiger partial charge is 0.247 e. The third-order valence-electron chi connectivity index (χ3n) is 5.31. The molecule has 7 heteroatoms. The van der Waals surface area contributed by atoms with Gasteiger partial charge >= 0.3 is 0 Å². The summed E-state index contributed by atoms with van der Waals surface area (Å²) in [5, 5.41) is 7.56. The molecule has 4 rings (SSSR count). The average molecular weight is 425 g/mol. The second-order valence-electron chi connectivity index (χ2n) is 7.57. The van der Waals surface area contributed by atoms with E-state index in [4.69, 9.17) is 16.1 Å². The molecule has 1 aromatic heterocycles. The number of nitrogens with zero attached hydrogens (tertiary/aromatic N) is 3. The molecule has 2 heterocycles. The highest BCUT2D eigenvalue weighted by molar-refractivity contribution is 6.30. The molecule has 1 saturated heterocycles. The third kappa shape index (κ3) is 5.08. The SMILES string of the molecule is Cc1cc(NC(=O)C(c2ccccc2)N2CCN(Cc3cccc(Cl)c3)CC2)no1. The highest BCUT2D eigenvalue weighted by Gasteiger charge is 2.31. The van der Waals surface area contributed by atoms with Crippen molar-refractivity contribution in [1.29, 1.82) is 0 Å².